The van der Waals surface area contributed by atoms with E-state index in [1.807, 2.05) is 6.92 Å². The van der Waals surface area contributed by atoms with Crippen LogP contribution in [0.25, 0.3) is 0 Å². The molecule has 0 spiro atoms. The van der Waals surface area contributed by atoms with E-state index in [2.05, 4.69) is 68.1 Å². The fourth-order valence-electron chi connectivity index (χ4n) is 4.87. The van der Waals surface area contributed by atoms with Gasteiger partial charge in [0.2, 0.25) is 0 Å². The zero-order valence-corrected chi connectivity index (χ0v) is 20.7. The molecule has 0 saturated carbocycles. The van der Waals surface area contributed by atoms with Crippen LogP contribution >= 0.6 is 0 Å². The third kappa shape index (κ3) is 5.39. The molecule has 0 unspecified atom stereocenters. The smallest absolute Gasteiger partial charge is 0.309 e. The molecule has 1 amide bonds. The Balaban J connectivity index is 1.52. The van der Waals surface area contributed by atoms with Gasteiger partial charge in [0.25, 0.3) is 5.91 Å². The summed E-state index contributed by atoms with van der Waals surface area (Å²) >= 11 is 0. The van der Waals surface area contributed by atoms with Crippen LogP contribution in [0.15, 0.2) is 47.6 Å². The van der Waals surface area contributed by atoms with Gasteiger partial charge in [-0.3, -0.25) is 14.5 Å². The molecule has 6 nitrogen and oxygen atoms in total. The zero-order valence-electron chi connectivity index (χ0n) is 20.7. The number of ether oxygens (including phenoxy) is 1. The van der Waals surface area contributed by atoms with Crippen LogP contribution in [0.2, 0.25) is 0 Å². The average molecular weight is 462 g/mol. The molecular formula is C28H35N3O3. The van der Waals surface area contributed by atoms with Crippen LogP contribution in [0.3, 0.4) is 0 Å². The summed E-state index contributed by atoms with van der Waals surface area (Å²) < 4.78 is 5.17. The molecule has 0 radical (unpaired) electrons. The van der Waals surface area contributed by atoms with Crippen molar-refractivity contribution in [3.8, 4) is 0 Å². The Labute approximate surface area is 202 Å². The predicted octanol–water partition coefficient (Wildman–Crippen LogP) is 4.56. The fourth-order valence-corrected chi connectivity index (χ4v) is 4.87. The normalized spacial score (nSPS) is 19.2. The largest absolute Gasteiger partial charge is 0.466 e. The van der Waals surface area contributed by atoms with E-state index >= 15 is 0 Å². The molecule has 1 saturated heterocycles. The molecule has 2 heterocycles. The van der Waals surface area contributed by atoms with Crippen molar-refractivity contribution >= 4 is 17.6 Å². The summed E-state index contributed by atoms with van der Waals surface area (Å²) in [5, 5.41) is 6.55. The van der Waals surface area contributed by atoms with E-state index in [4.69, 9.17) is 9.84 Å². The quantitative estimate of drug-likeness (QED) is 0.592. The van der Waals surface area contributed by atoms with Gasteiger partial charge in [0.15, 0.2) is 0 Å². The Morgan fingerprint density at radius 3 is 2.35 bits per heavy atom. The first-order valence-electron chi connectivity index (χ1n) is 12.3. The molecule has 4 rings (SSSR count). The number of benzene rings is 2. The van der Waals surface area contributed by atoms with Gasteiger partial charge >= 0.3 is 5.97 Å². The summed E-state index contributed by atoms with van der Waals surface area (Å²) in [6.45, 7) is 10.2. The van der Waals surface area contributed by atoms with E-state index in [-0.39, 0.29) is 23.8 Å². The molecular weight excluding hydrogens is 426 g/mol. The van der Waals surface area contributed by atoms with Crippen molar-refractivity contribution < 1.29 is 14.3 Å². The second kappa shape index (κ2) is 10.5. The highest BCUT2D eigenvalue weighted by atomic mass is 16.5. The van der Waals surface area contributed by atoms with Gasteiger partial charge in [-0.1, -0.05) is 53.6 Å². The maximum Gasteiger partial charge on any atom is 0.309 e. The standard InChI is InChI=1S/C28H35N3O3/c1-5-34-28(33)23-12-14-30(15-13-23)18-27(32)31-26(24-16-20(3)6-9-21(24)4)17-25(29-31)22-10-7-19(2)8-11-22/h6-11,16,23,26H,5,12-15,17-18H2,1-4H3/t26-/m0/s1. The van der Waals surface area contributed by atoms with Gasteiger partial charge in [0, 0.05) is 6.42 Å². The monoisotopic (exact) mass is 461 g/mol. The van der Waals surface area contributed by atoms with E-state index in [9.17, 15) is 9.59 Å². The summed E-state index contributed by atoms with van der Waals surface area (Å²) in [5.41, 5.74) is 6.71. The SMILES string of the molecule is CCOC(=O)C1CCN(CC(=O)N2N=C(c3ccc(C)cc3)C[C@H]2c2cc(C)ccc2C)CC1. The second-order valence-corrected chi connectivity index (χ2v) is 9.53. The van der Waals surface area contributed by atoms with Crippen LogP contribution in [-0.2, 0) is 14.3 Å². The number of carbonyl (C=O) groups is 2. The topological polar surface area (TPSA) is 62.2 Å². The van der Waals surface area contributed by atoms with E-state index in [0.717, 1.165) is 29.7 Å². The number of amides is 1. The lowest BCUT2D eigenvalue weighted by atomic mass is 9.93. The second-order valence-electron chi connectivity index (χ2n) is 9.53. The third-order valence-electron chi connectivity index (χ3n) is 6.91. The number of hydrogen-bond acceptors (Lipinski definition) is 5. The molecule has 2 aromatic rings. The van der Waals surface area contributed by atoms with Gasteiger partial charge in [-0.15, -0.1) is 0 Å². The Hall–Kier alpha value is -2.99. The Morgan fingerprint density at radius 2 is 1.68 bits per heavy atom. The van der Waals surface area contributed by atoms with Crippen molar-refractivity contribution in [2.45, 2.75) is 53.0 Å². The zero-order chi connectivity index (χ0) is 24.2. The van der Waals surface area contributed by atoms with Crippen molar-refractivity contribution in [3.05, 3.63) is 70.3 Å². The molecule has 34 heavy (non-hydrogen) atoms. The molecule has 1 atom stereocenters. The van der Waals surface area contributed by atoms with Crippen LogP contribution in [0.1, 0.15) is 60.0 Å². The number of piperidine rings is 1. The lowest BCUT2D eigenvalue weighted by Gasteiger charge is -2.32. The third-order valence-corrected chi connectivity index (χ3v) is 6.91. The van der Waals surface area contributed by atoms with Gasteiger partial charge in [-0.2, -0.15) is 5.10 Å². The van der Waals surface area contributed by atoms with Gasteiger partial charge in [-0.25, -0.2) is 5.01 Å². The maximum absolute atomic E-state index is 13.5. The number of hydrazone groups is 1. The number of hydrogen-bond donors (Lipinski definition) is 0. The summed E-state index contributed by atoms with van der Waals surface area (Å²) in [6.07, 6.45) is 2.15. The summed E-state index contributed by atoms with van der Waals surface area (Å²) in [7, 11) is 0. The molecule has 0 bridgehead atoms. The van der Waals surface area contributed by atoms with Crippen LogP contribution in [-0.4, -0.2) is 53.7 Å². The van der Waals surface area contributed by atoms with E-state index < -0.39 is 0 Å². The van der Waals surface area contributed by atoms with E-state index in [0.29, 0.717) is 32.7 Å². The number of likely N-dealkylation sites (tertiary alicyclic amines) is 1. The minimum absolute atomic E-state index is 0.00241. The maximum atomic E-state index is 13.5. The minimum atomic E-state index is -0.115. The lowest BCUT2D eigenvalue weighted by Crippen LogP contribution is -2.43. The molecule has 0 N–H and O–H groups in total. The highest BCUT2D eigenvalue weighted by Crippen LogP contribution is 2.35. The van der Waals surface area contributed by atoms with E-state index in [1.54, 1.807) is 5.01 Å². The number of esters is 1. The van der Waals surface area contributed by atoms with Crippen LogP contribution < -0.4 is 0 Å². The number of rotatable bonds is 6. The number of carbonyl (C=O) groups excluding carboxylic acids is 2. The molecule has 1 fully saturated rings. The lowest BCUT2D eigenvalue weighted by molar-refractivity contribution is -0.149. The highest BCUT2D eigenvalue weighted by molar-refractivity contribution is 6.03. The predicted molar refractivity (Wildman–Crippen MR) is 134 cm³/mol. The van der Waals surface area contributed by atoms with Crippen molar-refractivity contribution in [2.75, 3.05) is 26.2 Å². The summed E-state index contributed by atoms with van der Waals surface area (Å²) in [4.78, 5) is 27.7. The summed E-state index contributed by atoms with van der Waals surface area (Å²) in [5.74, 6) is -0.176. The Morgan fingerprint density at radius 1 is 1.00 bits per heavy atom. The fraction of sp³-hybridized carbons (Fsp3) is 0.464. The first-order chi connectivity index (χ1) is 16.4. The van der Waals surface area contributed by atoms with Crippen LogP contribution in [0.4, 0.5) is 0 Å². The Bertz CT molecular complexity index is 1070. The van der Waals surface area contributed by atoms with Crippen molar-refractivity contribution in [1.29, 1.82) is 0 Å². The van der Waals surface area contributed by atoms with E-state index in [1.165, 1.54) is 16.7 Å². The first-order valence-corrected chi connectivity index (χ1v) is 12.3. The number of aryl methyl sites for hydroxylation is 3. The molecule has 2 aliphatic heterocycles. The molecule has 2 aromatic carbocycles. The molecule has 6 heteroatoms. The molecule has 0 aliphatic carbocycles. The number of nitrogens with zero attached hydrogens (tertiary/aromatic N) is 3. The minimum Gasteiger partial charge on any atom is -0.466 e. The van der Waals surface area contributed by atoms with Gasteiger partial charge in [0.05, 0.1) is 30.8 Å². The van der Waals surface area contributed by atoms with Crippen molar-refractivity contribution in [1.82, 2.24) is 9.91 Å². The summed E-state index contributed by atoms with van der Waals surface area (Å²) in [6, 6.07) is 14.6. The average Bonchev–Trinajstić information content (AvgIpc) is 3.27. The molecule has 180 valence electrons. The van der Waals surface area contributed by atoms with Crippen molar-refractivity contribution in [3.63, 3.8) is 0 Å². The van der Waals surface area contributed by atoms with Crippen LogP contribution in [0.5, 0.6) is 0 Å². The van der Waals surface area contributed by atoms with Crippen molar-refractivity contribution in [2.24, 2.45) is 11.0 Å². The van der Waals surface area contributed by atoms with Gasteiger partial charge < -0.3 is 4.74 Å². The van der Waals surface area contributed by atoms with Gasteiger partial charge in [0.1, 0.15) is 0 Å². The highest BCUT2D eigenvalue weighted by Gasteiger charge is 2.35. The van der Waals surface area contributed by atoms with Gasteiger partial charge in [-0.05, 0) is 70.3 Å². The van der Waals surface area contributed by atoms with Crippen LogP contribution in [0, 0.1) is 26.7 Å². The first kappa shape index (κ1) is 24.1. The molecule has 0 aromatic heterocycles. The Kier molecular flexibility index (Phi) is 7.47. The molecule has 2 aliphatic rings.